The highest BCUT2D eigenvalue weighted by molar-refractivity contribution is 7.87. The number of amides is 1. The van der Waals surface area contributed by atoms with Crippen LogP contribution in [0.4, 0.5) is 0 Å². The topological polar surface area (TPSA) is 81.7 Å². The summed E-state index contributed by atoms with van der Waals surface area (Å²) in [4.78, 5) is 22.7. The quantitative estimate of drug-likeness (QED) is 0.493. The third-order valence-corrected chi connectivity index (χ3v) is 4.27. The molecule has 3 unspecified atom stereocenters. The fourth-order valence-corrected chi connectivity index (χ4v) is 2.57. The molecule has 0 bridgehead atoms. The van der Waals surface area contributed by atoms with Crippen molar-refractivity contribution in [2.75, 3.05) is 27.4 Å². The summed E-state index contributed by atoms with van der Waals surface area (Å²) < 4.78 is 21.3. The molecule has 1 N–H and O–H groups in total. The molecule has 0 aromatic heterocycles. The number of hydrogen-bond acceptors (Lipinski definition) is 5. The minimum Gasteiger partial charge on any atom is -0.469 e. The Hall–Kier alpha value is -0.950. The first-order chi connectivity index (χ1) is 8.43. The van der Waals surface area contributed by atoms with Crippen LogP contribution in [0, 0.1) is 0 Å². The number of hydrogen-bond donors (Lipinski definition) is 1. The molecule has 0 aliphatic carbocycles. The Morgan fingerprint density at radius 1 is 1.28 bits per heavy atom. The minimum atomic E-state index is -1.42. The van der Waals surface area contributed by atoms with E-state index >= 15 is 0 Å². The number of nitrogens with one attached hydrogen (secondary N) is 1. The largest absolute Gasteiger partial charge is 0.469 e. The van der Waals surface area contributed by atoms with Crippen molar-refractivity contribution >= 4 is 22.7 Å². The molecule has 0 aliphatic heterocycles. The maximum absolute atomic E-state index is 12.0. The molecule has 0 fully saturated rings. The van der Waals surface area contributed by atoms with Gasteiger partial charge in [0, 0.05) is 29.7 Å². The Kier molecular flexibility index (Phi) is 8.57. The molecule has 0 heterocycles. The average molecular weight is 279 g/mol. The number of methoxy groups -OCH3 is 2. The first-order valence-corrected chi connectivity index (χ1v) is 6.94. The van der Waals surface area contributed by atoms with Gasteiger partial charge in [-0.1, -0.05) is 6.92 Å². The summed E-state index contributed by atoms with van der Waals surface area (Å²) in [5.41, 5.74) is 0. The van der Waals surface area contributed by atoms with Gasteiger partial charge in [-0.05, 0) is 6.92 Å². The van der Waals surface area contributed by atoms with Gasteiger partial charge < -0.3 is 14.8 Å². The zero-order valence-corrected chi connectivity index (χ0v) is 12.0. The molecule has 18 heavy (non-hydrogen) atoms. The molecular formula is C11H21NO5S. The van der Waals surface area contributed by atoms with Gasteiger partial charge in [0.25, 0.3) is 0 Å². The Bertz CT molecular complexity index is 308. The van der Waals surface area contributed by atoms with Gasteiger partial charge >= 0.3 is 5.97 Å². The van der Waals surface area contributed by atoms with Gasteiger partial charge in [-0.25, -0.2) is 0 Å². The second-order valence-corrected chi connectivity index (χ2v) is 6.01. The molecule has 0 aromatic rings. The maximum Gasteiger partial charge on any atom is 0.306 e. The van der Waals surface area contributed by atoms with Crippen molar-refractivity contribution in [3.05, 3.63) is 0 Å². The lowest BCUT2D eigenvalue weighted by molar-refractivity contribution is -0.140. The Morgan fingerprint density at radius 2 is 1.89 bits per heavy atom. The van der Waals surface area contributed by atoms with Crippen molar-refractivity contribution in [3.8, 4) is 0 Å². The molecule has 0 radical (unpaired) electrons. The number of esters is 1. The summed E-state index contributed by atoms with van der Waals surface area (Å²) in [7, 11) is 1.39. The maximum atomic E-state index is 12.0. The van der Waals surface area contributed by atoms with Crippen molar-refractivity contribution in [1.82, 2.24) is 5.32 Å². The van der Waals surface area contributed by atoms with Crippen molar-refractivity contribution in [1.29, 1.82) is 0 Å². The summed E-state index contributed by atoms with van der Waals surface area (Å²) >= 11 is 0. The zero-order valence-electron chi connectivity index (χ0n) is 11.2. The van der Waals surface area contributed by atoms with E-state index in [0.29, 0.717) is 13.2 Å². The summed E-state index contributed by atoms with van der Waals surface area (Å²) in [6.07, 6.45) is 0.0405. The third kappa shape index (κ3) is 6.11. The van der Waals surface area contributed by atoms with E-state index in [4.69, 9.17) is 4.74 Å². The van der Waals surface area contributed by atoms with E-state index in [1.54, 1.807) is 13.8 Å². The number of ether oxygens (including phenoxy) is 2. The molecule has 0 aliphatic rings. The normalized spacial score (nSPS) is 15.6. The van der Waals surface area contributed by atoms with Crippen LogP contribution in [-0.4, -0.2) is 54.0 Å². The summed E-state index contributed by atoms with van der Waals surface area (Å²) in [6.45, 7) is 4.02. The van der Waals surface area contributed by atoms with Crippen LogP contribution in [0.2, 0.25) is 0 Å². The number of carbonyl (C=O) groups excluding carboxylic acids is 2. The van der Waals surface area contributed by atoms with E-state index in [-0.39, 0.29) is 12.3 Å². The Morgan fingerprint density at radius 3 is 2.39 bits per heavy atom. The summed E-state index contributed by atoms with van der Waals surface area (Å²) in [5, 5.41) is 1.53. The van der Waals surface area contributed by atoms with Crippen molar-refractivity contribution in [2.45, 2.75) is 30.8 Å². The van der Waals surface area contributed by atoms with E-state index in [1.165, 1.54) is 14.2 Å². The molecule has 0 saturated carbocycles. The van der Waals surface area contributed by atoms with Crippen LogP contribution in [0.25, 0.3) is 0 Å². The van der Waals surface area contributed by atoms with Gasteiger partial charge in [-0.15, -0.1) is 0 Å². The summed E-state index contributed by atoms with van der Waals surface area (Å²) in [5.74, 6) is -0.732. The van der Waals surface area contributed by atoms with Crippen molar-refractivity contribution in [2.24, 2.45) is 0 Å². The molecule has 6 nitrogen and oxygen atoms in total. The lowest BCUT2D eigenvalue weighted by atomic mass is 10.3. The van der Waals surface area contributed by atoms with Crippen LogP contribution in [-0.2, 0) is 29.9 Å². The van der Waals surface area contributed by atoms with E-state index in [2.05, 4.69) is 10.1 Å². The second kappa shape index (κ2) is 9.04. The predicted molar refractivity (Wildman–Crippen MR) is 68.6 cm³/mol. The standard InChI is InChI=1S/C11H21NO5S/c1-8(7-10(13)17-4)18(15)9(2)11(14)12-5-6-16-3/h8-9H,5-7H2,1-4H3,(H,12,14). The molecular weight excluding hydrogens is 258 g/mol. The molecule has 3 atom stereocenters. The van der Waals surface area contributed by atoms with Crippen LogP contribution in [0.5, 0.6) is 0 Å². The van der Waals surface area contributed by atoms with Crippen LogP contribution < -0.4 is 5.32 Å². The molecule has 0 saturated heterocycles. The zero-order chi connectivity index (χ0) is 14.1. The van der Waals surface area contributed by atoms with Crippen molar-refractivity contribution < 1.29 is 23.3 Å². The highest BCUT2D eigenvalue weighted by atomic mass is 32.2. The van der Waals surface area contributed by atoms with Gasteiger partial charge in [-0.3, -0.25) is 13.8 Å². The van der Waals surface area contributed by atoms with Gasteiger partial charge in [0.05, 0.1) is 20.1 Å². The smallest absolute Gasteiger partial charge is 0.306 e. The molecule has 106 valence electrons. The highest BCUT2D eigenvalue weighted by Gasteiger charge is 2.26. The van der Waals surface area contributed by atoms with Crippen LogP contribution in [0.15, 0.2) is 0 Å². The fraction of sp³-hybridized carbons (Fsp3) is 0.818. The lowest BCUT2D eigenvalue weighted by Gasteiger charge is -2.16. The first kappa shape index (κ1) is 17.1. The van der Waals surface area contributed by atoms with E-state index in [9.17, 15) is 13.8 Å². The minimum absolute atomic E-state index is 0.0405. The van der Waals surface area contributed by atoms with Crippen LogP contribution in [0.1, 0.15) is 20.3 Å². The van der Waals surface area contributed by atoms with E-state index in [0.717, 1.165) is 0 Å². The second-order valence-electron chi connectivity index (χ2n) is 3.85. The monoisotopic (exact) mass is 279 g/mol. The van der Waals surface area contributed by atoms with Crippen LogP contribution >= 0.6 is 0 Å². The van der Waals surface area contributed by atoms with Gasteiger partial charge in [0.2, 0.25) is 5.91 Å². The molecule has 1 amide bonds. The Labute approximate surface area is 110 Å². The number of carbonyl (C=O) groups is 2. The van der Waals surface area contributed by atoms with Gasteiger partial charge in [0.15, 0.2) is 0 Å². The molecule has 0 rings (SSSR count). The van der Waals surface area contributed by atoms with Crippen molar-refractivity contribution in [3.63, 3.8) is 0 Å². The van der Waals surface area contributed by atoms with Gasteiger partial charge in [-0.2, -0.15) is 0 Å². The van der Waals surface area contributed by atoms with E-state index < -0.39 is 27.3 Å². The van der Waals surface area contributed by atoms with Gasteiger partial charge in [0.1, 0.15) is 5.25 Å². The SMILES string of the molecule is COCCNC(=O)C(C)S(=O)C(C)CC(=O)OC. The highest BCUT2D eigenvalue weighted by Crippen LogP contribution is 2.08. The molecule has 0 spiro atoms. The average Bonchev–Trinajstić information content (AvgIpc) is 2.36. The number of rotatable bonds is 8. The van der Waals surface area contributed by atoms with E-state index in [1.807, 2.05) is 0 Å². The molecule has 7 heteroatoms. The third-order valence-electron chi connectivity index (χ3n) is 2.40. The van der Waals surface area contributed by atoms with Crippen LogP contribution in [0.3, 0.4) is 0 Å². The Balaban J connectivity index is 4.22. The lowest BCUT2D eigenvalue weighted by Crippen LogP contribution is -2.39. The first-order valence-electron chi connectivity index (χ1n) is 5.66. The summed E-state index contributed by atoms with van der Waals surface area (Å²) in [6, 6.07) is 0. The molecule has 0 aromatic carbocycles. The predicted octanol–water partition coefficient (Wildman–Crippen LogP) is -0.162. The fourth-order valence-electron chi connectivity index (χ4n) is 1.27.